The van der Waals surface area contributed by atoms with Crippen LogP contribution in [0.4, 0.5) is 0 Å². The number of hydrogen-bond acceptors (Lipinski definition) is 4. The zero-order valence-corrected chi connectivity index (χ0v) is 10.5. The molecule has 0 aromatic rings. The summed E-state index contributed by atoms with van der Waals surface area (Å²) in [7, 11) is 0. The summed E-state index contributed by atoms with van der Waals surface area (Å²) in [5, 5.41) is 17.8. The van der Waals surface area contributed by atoms with Gasteiger partial charge in [0.25, 0.3) is 0 Å². The second-order valence-corrected chi connectivity index (χ2v) is 4.92. The summed E-state index contributed by atoms with van der Waals surface area (Å²) in [6.45, 7) is 2.56. The molecule has 0 spiro atoms. The molecule has 5 nitrogen and oxygen atoms in total. The van der Waals surface area contributed by atoms with Gasteiger partial charge < -0.3 is 20.8 Å². The summed E-state index contributed by atoms with van der Waals surface area (Å²) in [5.41, 5.74) is 5.93. The molecule has 0 saturated heterocycles. The topological polar surface area (TPSA) is 86.8 Å². The Hall–Kier alpha value is -0.650. The van der Waals surface area contributed by atoms with Gasteiger partial charge in [-0.2, -0.15) is 0 Å². The monoisotopic (exact) mass is 244 g/mol. The number of nitrogens with zero attached hydrogens (tertiary/aromatic N) is 1. The van der Waals surface area contributed by atoms with E-state index in [2.05, 4.69) is 6.92 Å². The fraction of sp³-hybridized carbons (Fsp3) is 0.917. The summed E-state index contributed by atoms with van der Waals surface area (Å²) in [4.78, 5) is 13.7. The van der Waals surface area contributed by atoms with Crippen molar-refractivity contribution in [3.63, 3.8) is 0 Å². The van der Waals surface area contributed by atoms with Crippen LogP contribution in [0.15, 0.2) is 0 Å². The van der Waals surface area contributed by atoms with Crippen molar-refractivity contribution in [2.24, 2.45) is 17.6 Å². The first-order valence-corrected chi connectivity index (χ1v) is 6.36. The zero-order chi connectivity index (χ0) is 12.8. The Kier molecular flexibility index (Phi) is 5.88. The van der Waals surface area contributed by atoms with Gasteiger partial charge in [-0.1, -0.05) is 6.92 Å². The Labute approximate surface area is 103 Å². The van der Waals surface area contributed by atoms with Gasteiger partial charge in [0.05, 0.1) is 13.2 Å². The zero-order valence-electron chi connectivity index (χ0n) is 10.5. The Morgan fingerprint density at radius 2 is 1.88 bits per heavy atom. The fourth-order valence-corrected chi connectivity index (χ4v) is 2.48. The first-order valence-electron chi connectivity index (χ1n) is 6.36. The number of aliphatic hydroxyl groups is 2. The summed E-state index contributed by atoms with van der Waals surface area (Å²) < 4.78 is 0. The molecule has 1 aliphatic rings. The second kappa shape index (κ2) is 6.93. The normalized spacial score (nSPS) is 29.1. The number of carbonyl (C=O) groups is 1. The van der Waals surface area contributed by atoms with Gasteiger partial charge in [0.1, 0.15) is 0 Å². The molecule has 3 atom stereocenters. The minimum Gasteiger partial charge on any atom is -0.395 e. The number of amides is 1. The van der Waals surface area contributed by atoms with Crippen molar-refractivity contribution >= 4 is 5.91 Å². The number of rotatable bonds is 5. The van der Waals surface area contributed by atoms with E-state index < -0.39 is 0 Å². The maximum absolute atomic E-state index is 12.2. The van der Waals surface area contributed by atoms with E-state index >= 15 is 0 Å². The lowest BCUT2D eigenvalue weighted by atomic mass is 9.79. The number of nitrogens with two attached hydrogens (primary N) is 1. The standard InChI is InChI=1S/C12H24N2O3/c1-9-8-10(2-3-11(9)13)12(17)14(4-6-15)5-7-16/h9-11,15-16H,2-8,13H2,1H3. The molecular formula is C12H24N2O3. The smallest absolute Gasteiger partial charge is 0.225 e. The molecule has 0 aromatic heterocycles. The predicted molar refractivity (Wildman–Crippen MR) is 65.2 cm³/mol. The molecular weight excluding hydrogens is 220 g/mol. The van der Waals surface area contributed by atoms with Gasteiger partial charge in [-0.05, 0) is 25.2 Å². The van der Waals surface area contributed by atoms with Crippen LogP contribution in [-0.4, -0.2) is 53.4 Å². The van der Waals surface area contributed by atoms with Crippen LogP contribution in [0.3, 0.4) is 0 Å². The van der Waals surface area contributed by atoms with Crippen LogP contribution in [0.1, 0.15) is 26.2 Å². The summed E-state index contributed by atoms with van der Waals surface area (Å²) in [5.74, 6) is 0.414. The van der Waals surface area contributed by atoms with E-state index in [0.717, 1.165) is 19.3 Å². The number of aliphatic hydroxyl groups excluding tert-OH is 2. The van der Waals surface area contributed by atoms with E-state index in [1.54, 1.807) is 4.90 Å². The maximum Gasteiger partial charge on any atom is 0.225 e. The average Bonchev–Trinajstić information content (AvgIpc) is 2.31. The Morgan fingerprint density at radius 1 is 1.29 bits per heavy atom. The van der Waals surface area contributed by atoms with Crippen molar-refractivity contribution in [1.29, 1.82) is 0 Å². The van der Waals surface area contributed by atoms with E-state index in [9.17, 15) is 4.79 Å². The van der Waals surface area contributed by atoms with E-state index in [0.29, 0.717) is 19.0 Å². The largest absolute Gasteiger partial charge is 0.395 e. The van der Waals surface area contributed by atoms with Crippen molar-refractivity contribution in [2.75, 3.05) is 26.3 Å². The van der Waals surface area contributed by atoms with Gasteiger partial charge in [0, 0.05) is 25.0 Å². The van der Waals surface area contributed by atoms with Gasteiger partial charge in [-0.3, -0.25) is 4.79 Å². The maximum atomic E-state index is 12.2. The Balaban J connectivity index is 2.55. The van der Waals surface area contributed by atoms with Gasteiger partial charge in [0.2, 0.25) is 5.91 Å². The third-order valence-electron chi connectivity index (χ3n) is 3.64. The highest BCUT2D eigenvalue weighted by molar-refractivity contribution is 5.79. The summed E-state index contributed by atoms with van der Waals surface area (Å²) in [6.07, 6.45) is 2.51. The van der Waals surface area contributed by atoms with Crippen LogP contribution < -0.4 is 5.73 Å². The van der Waals surface area contributed by atoms with Crippen LogP contribution in [0.25, 0.3) is 0 Å². The van der Waals surface area contributed by atoms with Crippen LogP contribution in [0.5, 0.6) is 0 Å². The summed E-state index contributed by atoms with van der Waals surface area (Å²) in [6, 6.07) is 0.197. The molecule has 0 bridgehead atoms. The quantitative estimate of drug-likeness (QED) is 0.612. The van der Waals surface area contributed by atoms with Gasteiger partial charge in [0.15, 0.2) is 0 Å². The van der Waals surface area contributed by atoms with Crippen LogP contribution in [0, 0.1) is 11.8 Å². The lowest BCUT2D eigenvalue weighted by Gasteiger charge is -2.34. The van der Waals surface area contributed by atoms with E-state index in [1.807, 2.05) is 0 Å². The molecule has 17 heavy (non-hydrogen) atoms. The second-order valence-electron chi connectivity index (χ2n) is 4.92. The first-order chi connectivity index (χ1) is 8.10. The minimum absolute atomic E-state index is 0.00269. The SMILES string of the molecule is CC1CC(C(=O)N(CCO)CCO)CCC1N. The third-order valence-corrected chi connectivity index (χ3v) is 3.64. The molecule has 0 heterocycles. The van der Waals surface area contributed by atoms with Gasteiger partial charge in [-0.15, -0.1) is 0 Å². The Bertz CT molecular complexity index is 242. The molecule has 1 aliphatic carbocycles. The van der Waals surface area contributed by atoms with Crippen LogP contribution in [0.2, 0.25) is 0 Å². The fourth-order valence-electron chi connectivity index (χ4n) is 2.48. The van der Waals surface area contributed by atoms with Gasteiger partial charge >= 0.3 is 0 Å². The highest BCUT2D eigenvalue weighted by atomic mass is 16.3. The molecule has 1 amide bonds. The van der Waals surface area contributed by atoms with E-state index in [4.69, 9.17) is 15.9 Å². The van der Waals surface area contributed by atoms with Crippen molar-refractivity contribution in [2.45, 2.75) is 32.2 Å². The molecule has 0 aromatic carbocycles. The molecule has 1 rings (SSSR count). The average molecular weight is 244 g/mol. The lowest BCUT2D eigenvalue weighted by molar-refractivity contribution is -0.138. The van der Waals surface area contributed by atoms with Gasteiger partial charge in [-0.25, -0.2) is 0 Å². The molecule has 1 saturated carbocycles. The molecule has 3 unspecified atom stereocenters. The van der Waals surface area contributed by atoms with Crippen LogP contribution in [-0.2, 0) is 4.79 Å². The predicted octanol–water partition coefficient (Wildman–Crippen LogP) is -0.437. The first kappa shape index (κ1) is 14.4. The highest BCUT2D eigenvalue weighted by Gasteiger charge is 2.31. The Morgan fingerprint density at radius 3 is 2.35 bits per heavy atom. The van der Waals surface area contributed by atoms with E-state index in [-0.39, 0.29) is 31.1 Å². The summed E-state index contributed by atoms with van der Waals surface area (Å²) >= 11 is 0. The molecule has 0 aliphatic heterocycles. The third kappa shape index (κ3) is 3.94. The van der Waals surface area contributed by atoms with Crippen molar-refractivity contribution < 1.29 is 15.0 Å². The molecule has 100 valence electrons. The molecule has 5 heteroatoms. The van der Waals surface area contributed by atoms with E-state index in [1.165, 1.54) is 0 Å². The minimum atomic E-state index is -0.0620. The molecule has 4 N–H and O–H groups in total. The van der Waals surface area contributed by atoms with Crippen molar-refractivity contribution in [3.8, 4) is 0 Å². The molecule has 1 fully saturated rings. The van der Waals surface area contributed by atoms with Crippen molar-refractivity contribution in [1.82, 2.24) is 4.90 Å². The molecule has 0 radical (unpaired) electrons. The number of carbonyl (C=O) groups excluding carboxylic acids is 1. The highest BCUT2D eigenvalue weighted by Crippen LogP contribution is 2.29. The van der Waals surface area contributed by atoms with Crippen LogP contribution >= 0.6 is 0 Å². The lowest BCUT2D eigenvalue weighted by Crippen LogP contribution is -2.44. The van der Waals surface area contributed by atoms with Crippen molar-refractivity contribution in [3.05, 3.63) is 0 Å². The number of hydrogen-bond donors (Lipinski definition) is 3.